The maximum atomic E-state index is 12.1. The van der Waals surface area contributed by atoms with Gasteiger partial charge < -0.3 is 5.32 Å². The molecule has 138 valence electrons. The Morgan fingerprint density at radius 3 is 2.89 bits per heavy atom. The van der Waals surface area contributed by atoms with E-state index < -0.39 is 4.92 Å². The molecule has 27 heavy (non-hydrogen) atoms. The van der Waals surface area contributed by atoms with Crippen LogP contribution in [0, 0.1) is 17.0 Å². The van der Waals surface area contributed by atoms with Crippen LogP contribution in [0.15, 0.2) is 47.6 Å². The number of benzene rings is 2. The monoisotopic (exact) mass is 403 g/mol. The highest BCUT2D eigenvalue weighted by atomic mass is 35.5. The van der Waals surface area contributed by atoms with Gasteiger partial charge in [-0.25, -0.2) is 4.98 Å². The molecule has 3 rings (SSSR count). The van der Waals surface area contributed by atoms with Crippen LogP contribution in [-0.2, 0) is 4.79 Å². The van der Waals surface area contributed by atoms with Gasteiger partial charge in [0.05, 0.1) is 21.4 Å². The van der Waals surface area contributed by atoms with Crippen LogP contribution in [0.4, 0.5) is 11.4 Å². The Bertz CT molecular complexity index is 1010. The lowest BCUT2D eigenvalue weighted by molar-refractivity contribution is -0.384. The lowest BCUT2D eigenvalue weighted by Gasteiger charge is -2.06. The standard InChI is InChI=1S/C17H14ClN5O3S/c1-10-3-2-4-11(7-10)16-20-17(22-21-16)27-9-15(24)19-14-8-12(23(25)26)5-6-13(14)18/h2-8H,9H2,1H3,(H,19,24)(H,20,21,22). The Morgan fingerprint density at radius 2 is 2.15 bits per heavy atom. The molecule has 3 aromatic rings. The Hall–Kier alpha value is -2.91. The van der Waals surface area contributed by atoms with E-state index in [0.717, 1.165) is 22.9 Å². The number of nitrogens with one attached hydrogen (secondary N) is 2. The van der Waals surface area contributed by atoms with E-state index >= 15 is 0 Å². The Morgan fingerprint density at radius 1 is 1.33 bits per heavy atom. The predicted octanol–water partition coefficient (Wildman–Crippen LogP) is 4.07. The van der Waals surface area contributed by atoms with E-state index in [4.69, 9.17) is 11.6 Å². The number of thioether (sulfide) groups is 1. The zero-order valence-electron chi connectivity index (χ0n) is 14.1. The molecule has 1 aromatic heterocycles. The van der Waals surface area contributed by atoms with Gasteiger partial charge in [0.25, 0.3) is 5.69 Å². The summed E-state index contributed by atoms with van der Waals surface area (Å²) in [6.07, 6.45) is 0. The van der Waals surface area contributed by atoms with Crippen molar-refractivity contribution in [1.82, 2.24) is 15.2 Å². The summed E-state index contributed by atoms with van der Waals surface area (Å²) in [6, 6.07) is 11.7. The van der Waals surface area contributed by atoms with Gasteiger partial charge in [0.2, 0.25) is 11.1 Å². The highest BCUT2D eigenvalue weighted by Gasteiger charge is 2.13. The molecular weight excluding hydrogens is 390 g/mol. The Balaban J connectivity index is 1.62. The average molecular weight is 404 g/mol. The molecule has 0 aliphatic heterocycles. The number of anilines is 1. The zero-order chi connectivity index (χ0) is 19.4. The number of hydrogen-bond donors (Lipinski definition) is 2. The van der Waals surface area contributed by atoms with Gasteiger partial charge >= 0.3 is 0 Å². The number of carbonyl (C=O) groups is 1. The summed E-state index contributed by atoms with van der Waals surface area (Å²) in [6.45, 7) is 1.99. The molecule has 0 saturated carbocycles. The summed E-state index contributed by atoms with van der Waals surface area (Å²) in [7, 11) is 0. The molecular formula is C17H14ClN5O3S. The average Bonchev–Trinajstić information content (AvgIpc) is 3.11. The van der Waals surface area contributed by atoms with Crippen LogP contribution in [0.3, 0.4) is 0 Å². The van der Waals surface area contributed by atoms with Crippen LogP contribution in [0.1, 0.15) is 5.56 Å². The summed E-state index contributed by atoms with van der Waals surface area (Å²) < 4.78 is 0. The first-order valence-corrected chi connectivity index (χ1v) is 9.15. The molecule has 0 unspecified atom stereocenters. The van der Waals surface area contributed by atoms with Gasteiger partial charge in [-0.1, -0.05) is 47.1 Å². The van der Waals surface area contributed by atoms with Crippen molar-refractivity contribution in [1.29, 1.82) is 0 Å². The molecule has 0 spiro atoms. The molecule has 8 nitrogen and oxygen atoms in total. The lowest BCUT2D eigenvalue weighted by Crippen LogP contribution is -2.14. The number of H-pyrrole nitrogens is 1. The number of non-ortho nitro benzene ring substituents is 1. The molecule has 0 radical (unpaired) electrons. The summed E-state index contributed by atoms with van der Waals surface area (Å²) in [5.41, 5.74) is 2.04. The van der Waals surface area contributed by atoms with E-state index in [-0.39, 0.29) is 28.1 Å². The first-order valence-electron chi connectivity index (χ1n) is 7.78. The van der Waals surface area contributed by atoms with Crippen molar-refractivity contribution >= 4 is 40.6 Å². The summed E-state index contributed by atoms with van der Waals surface area (Å²) in [5, 5.41) is 21.0. The van der Waals surface area contributed by atoms with Gasteiger partial charge in [0.15, 0.2) is 5.82 Å². The predicted molar refractivity (Wildman–Crippen MR) is 104 cm³/mol. The molecule has 0 saturated heterocycles. The quantitative estimate of drug-likeness (QED) is 0.364. The topological polar surface area (TPSA) is 114 Å². The molecule has 2 N–H and O–H groups in total. The van der Waals surface area contributed by atoms with Crippen LogP contribution in [0.5, 0.6) is 0 Å². The van der Waals surface area contributed by atoms with Crippen molar-refractivity contribution in [3.8, 4) is 11.4 Å². The highest BCUT2D eigenvalue weighted by Crippen LogP contribution is 2.27. The molecule has 2 aromatic carbocycles. The summed E-state index contributed by atoms with van der Waals surface area (Å²) in [4.78, 5) is 26.7. The van der Waals surface area contributed by atoms with E-state index in [0.29, 0.717) is 11.0 Å². The SMILES string of the molecule is Cc1cccc(-c2nc(SCC(=O)Nc3cc([N+](=O)[O-])ccc3Cl)n[nH]2)c1. The van der Waals surface area contributed by atoms with Crippen molar-refractivity contribution in [2.75, 3.05) is 11.1 Å². The normalized spacial score (nSPS) is 10.6. The second-order valence-corrected chi connectivity index (χ2v) is 6.94. The van der Waals surface area contributed by atoms with Gasteiger partial charge in [-0.3, -0.25) is 20.0 Å². The third-order valence-corrected chi connectivity index (χ3v) is 4.70. The number of amides is 1. The largest absolute Gasteiger partial charge is 0.324 e. The third kappa shape index (κ3) is 4.83. The smallest absolute Gasteiger partial charge is 0.271 e. The number of nitrogens with zero attached hydrogens (tertiary/aromatic N) is 3. The van der Waals surface area contributed by atoms with E-state index in [1.54, 1.807) is 0 Å². The summed E-state index contributed by atoms with van der Waals surface area (Å²) in [5.74, 6) is 0.275. The van der Waals surface area contributed by atoms with E-state index in [9.17, 15) is 14.9 Å². The molecule has 0 fully saturated rings. The van der Waals surface area contributed by atoms with Crippen LogP contribution in [0.25, 0.3) is 11.4 Å². The number of nitro groups is 1. The van der Waals surface area contributed by atoms with Crippen LogP contribution >= 0.6 is 23.4 Å². The minimum atomic E-state index is -0.554. The minimum absolute atomic E-state index is 0.0319. The van der Waals surface area contributed by atoms with Crippen molar-refractivity contribution in [3.05, 3.63) is 63.2 Å². The van der Waals surface area contributed by atoms with Gasteiger partial charge in [-0.2, -0.15) is 0 Å². The van der Waals surface area contributed by atoms with Crippen molar-refractivity contribution in [2.45, 2.75) is 12.1 Å². The number of aryl methyl sites for hydroxylation is 1. The van der Waals surface area contributed by atoms with Crippen molar-refractivity contribution in [2.24, 2.45) is 0 Å². The summed E-state index contributed by atoms with van der Waals surface area (Å²) >= 11 is 7.11. The minimum Gasteiger partial charge on any atom is -0.324 e. The fraction of sp³-hybridized carbons (Fsp3) is 0.118. The van der Waals surface area contributed by atoms with Crippen LogP contribution in [-0.4, -0.2) is 31.8 Å². The maximum absolute atomic E-state index is 12.1. The Kier molecular flexibility index (Phi) is 5.72. The fourth-order valence-electron chi connectivity index (χ4n) is 2.27. The molecule has 0 bridgehead atoms. The third-order valence-electron chi connectivity index (χ3n) is 3.52. The van der Waals surface area contributed by atoms with E-state index in [2.05, 4.69) is 20.5 Å². The van der Waals surface area contributed by atoms with Gasteiger partial charge in [0.1, 0.15) is 0 Å². The molecule has 0 aliphatic rings. The van der Waals surface area contributed by atoms with Crippen LogP contribution in [0.2, 0.25) is 5.02 Å². The number of carbonyl (C=O) groups excluding carboxylic acids is 1. The second-order valence-electron chi connectivity index (χ2n) is 5.59. The number of hydrogen-bond acceptors (Lipinski definition) is 6. The van der Waals surface area contributed by atoms with Crippen LogP contribution < -0.4 is 5.32 Å². The number of rotatable bonds is 6. The number of aromatic nitrogens is 3. The maximum Gasteiger partial charge on any atom is 0.271 e. The molecule has 0 aliphatic carbocycles. The van der Waals surface area contributed by atoms with Crippen molar-refractivity contribution < 1.29 is 9.72 Å². The molecule has 1 heterocycles. The lowest BCUT2D eigenvalue weighted by atomic mass is 10.1. The molecule has 1 amide bonds. The second kappa shape index (κ2) is 8.19. The molecule has 10 heteroatoms. The first kappa shape index (κ1) is 18.9. The number of aromatic amines is 1. The van der Waals surface area contributed by atoms with Gasteiger partial charge in [-0.15, -0.1) is 5.10 Å². The van der Waals surface area contributed by atoms with Gasteiger partial charge in [-0.05, 0) is 19.1 Å². The van der Waals surface area contributed by atoms with Gasteiger partial charge in [0, 0.05) is 17.7 Å². The van der Waals surface area contributed by atoms with Crippen molar-refractivity contribution in [3.63, 3.8) is 0 Å². The number of halogens is 1. The highest BCUT2D eigenvalue weighted by molar-refractivity contribution is 7.99. The van der Waals surface area contributed by atoms with E-state index in [1.807, 2.05) is 31.2 Å². The first-order chi connectivity index (χ1) is 12.9. The number of nitro benzene ring substituents is 1. The fourth-order valence-corrected chi connectivity index (χ4v) is 3.03. The van der Waals surface area contributed by atoms with E-state index in [1.165, 1.54) is 18.2 Å². The molecule has 0 atom stereocenters. The zero-order valence-corrected chi connectivity index (χ0v) is 15.7. The Labute approximate surface area is 163 Å².